The molecule has 6 atom stereocenters. The average Bonchev–Trinajstić information content (AvgIpc) is 0.918. The van der Waals surface area contributed by atoms with Gasteiger partial charge in [0.15, 0.2) is 12.2 Å². The number of ether oxygens (including phenoxy) is 4. The maximum Gasteiger partial charge on any atom is 0.472 e. The van der Waals surface area contributed by atoms with Crippen LogP contribution in [0.1, 0.15) is 452 Å². The standard InChI is InChI=1S/C85H166O17P2/c1-7-10-12-14-16-18-20-22-24-26-28-32-36-40-44-48-55-61-67-82(87)95-73-80(101-84(89)69-64-58-50-46-42-38-34-30-31-35-39-43-47-53-59-65-77(4)5)75-99-103(91,92)97-71-79(86)72-98-104(93,94)100-76-81(74-96-83(88)68-62-56-52-51-54-60-66-78(6)9-3)102-85(90)70-63-57-49-45-41-37-33-29-27-25-23-21-19-17-15-13-11-8-2/h77-81,86H,7-76H2,1-6H3,(H,91,92)(H,93,94)/t78?,79-,80-,81-/m1/s1. The van der Waals surface area contributed by atoms with Crippen LogP contribution in [0.3, 0.4) is 0 Å². The zero-order chi connectivity index (χ0) is 76.4. The molecule has 0 aromatic rings. The van der Waals surface area contributed by atoms with E-state index in [0.717, 1.165) is 108 Å². The molecule has 0 heterocycles. The van der Waals surface area contributed by atoms with Gasteiger partial charge in [0, 0.05) is 25.7 Å². The minimum atomic E-state index is -4.96. The Morgan fingerprint density at radius 2 is 0.490 bits per heavy atom. The van der Waals surface area contributed by atoms with E-state index in [-0.39, 0.29) is 25.7 Å². The number of esters is 4. The number of rotatable bonds is 84. The molecule has 0 saturated heterocycles. The van der Waals surface area contributed by atoms with E-state index in [1.807, 2.05) is 0 Å². The summed E-state index contributed by atoms with van der Waals surface area (Å²) in [6.07, 6.45) is 68.1. The summed E-state index contributed by atoms with van der Waals surface area (Å²) in [4.78, 5) is 73.2. The second-order valence-corrected chi connectivity index (χ2v) is 34.2. The zero-order valence-corrected chi connectivity index (χ0v) is 70.1. The van der Waals surface area contributed by atoms with Crippen LogP contribution in [0, 0.1) is 11.8 Å². The van der Waals surface area contributed by atoms with Crippen LogP contribution in [0.25, 0.3) is 0 Å². The molecule has 0 bridgehead atoms. The summed E-state index contributed by atoms with van der Waals surface area (Å²) in [6, 6.07) is 0. The van der Waals surface area contributed by atoms with E-state index in [1.54, 1.807) is 0 Å². The van der Waals surface area contributed by atoms with Gasteiger partial charge in [0.1, 0.15) is 19.3 Å². The third-order valence-electron chi connectivity index (χ3n) is 20.3. The van der Waals surface area contributed by atoms with Crippen LogP contribution in [0.2, 0.25) is 0 Å². The van der Waals surface area contributed by atoms with Crippen LogP contribution in [0.15, 0.2) is 0 Å². The van der Waals surface area contributed by atoms with Crippen molar-refractivity contribution >= 4 is 39.5 Å². The van der Waals surface area contributed by atoms with Gasteiger partial charge in [-0.2, -0.15) is 0 Å². The predicted molar refractivity (Wildman–Crippen MR) is 428 cm³/mol. The quantitative estimate of drug-likeness (QED) is 0.0222. The first kappa shape index (κ1) is 102. The van der Waals surface area contributed by atoms with Crippen LogP contribution < -0.4 is 0 Å². The molecule has 3 unspecified atom stereocenters. The zero-order valence-electron chi connectivity index (χ0n) is 68.3. The van der Waals surface area contributed by atoms with E-state index in [9.17, 15) is 43.2 Å². The Morgan fingerprint density at radius 3 is 0.731 bits per heavy atom. The van der Waals surface area contributed by atoms with E-state index in [0.29, 0.717) is 25.7 Å². The summed E-state index contributed by atoms with van der Waals surface area (Å²) in [6.45, 7) is 9.66. The van der Waals surface area contributed by atoms with Crippen molar-refractivity contribution in [3.63, 3.8) is 0 Å². The Morgan fingerprint density at radius 1 is 0.279 bits per heavy atom. The van der Waals surface area contributed by atoms with Crippen LogP contribution in [-0.4, -0.2) is 96.7 Å². The number of hydrogen-bond donors (Lipinski definition) is 3. The van der Waals surface area contributed by atoms with E-state index >= 15 is 0 Å². The summed E-state index contributed by atoms with van der Waals surface area (Å²) < 4.78 is 68.9. The molecular formula is C85H166O17P2. The third-order valence-corrected chi connectivity index (χ3v) is 22.2. The highest BCUT2D eigenvalue weighted by molar-refractivity contribution is 7.47. The monoisotopic (exact) mass is 1520 g/mol. The normalized spacial score (nSPS) is 14.1. The van der Waals surface area contributed by atoms with Gasteiger partial charge in [0.2, 0.25) is 0 Å². The van der Waals surface area contributed by atoms with Gasteiger partial charge in [-0.05, 0) is 37.5 Å². The second kappa shape index (κ2) is 76.4. The fourth-order valence-corrected chi connectivity index (χ4v) is 14.8. The van der Waals surface area contributed by atoms with Crippen molar-refractivity contribution in [1.29, 1.82) is 0 Å². The SMILES string of the molecule is CCCCCCCCCCCCCCCCCCCCC(=O)OC[C@H](COP(=O)(O)OC[C@@H](O)COP(=O)(O)OC[C@@H](COC(=O)CCCCCCCCC(C)CC)OC(=O)CCCCCCCCCCCCCCCCCCCC)OC(=O)CCCCCCCCCCCCCCCCCC(C)C. The van der Waals surface area contributed by atoms with Gasteiger partial charge in [-0.3, -0.25) is 37.3 Å². The highest BCUT2D eigenvalue weighted by Crippen LogP contribution is 2.45. The van der Waals surface area contributed by atoms with Crippen LogP contribution in [-0.2, 0) is 65.4 Å². The molecule has 0 saturated carbocycles. The highest BCUT2D eigenvalue weighted by Gasteiger charge is 2.30. The molecule has 0 aromatic carbocycles. The van der Waals surface area contributed by atoms with E-state index in [1.165, 1.54) is 263 Å². The number of aliphatic hydroxyl groups is 1. The maximum atomic E-state index is 13.1. The number of phosphoric ester groups is 2. The molecule has 0 aliphatic rings. The largest absolute Gasteiger partial charge is 0.472 e. The van der Waals surface area contributed by atoms with Gasteiger partial charge in [0.25, 0.3) is 0 Å². The summed E-state index contributed by atoms with van der Waals surface area (Å²) in [5.41, 5.74) is 0. The maximum absolute atomic E-state index is 13.1. The Labute approximate surface area is 638 Å². The fraction of sp³-hybridized carbons (Fsp3) is 0.953. The minimum Gasteiger partial charge on any atom is -0.462 e. The van der Waals surface area contributed by atoms with Gasteiger partial charge in [-0.1, -0.05) is 401 Å². The Kier molecular flexibility index (Phi) is 75.0. The molecule has 0 rings (SSSR count). The first-order chi connectivity index (χ1) is 50.4. The Balaban J connectivity index is 5.23. The van der Waals surface area contributed by atoms with E-state index < -0.39 is 97.5 Å². The first-order valence-corrected chi connectivity index (χ1v) is 47.0. The highest BCUT2D eigenvalue weighted by atomic mass is 31.2. The lowest BCUT2D eigenvalue weighted by molar-refractivity contribution is -0.161. The molecule has 0 aliphatic carbocycles. The molecule has 0 amide bonds. The lowest BCUT2D eigenvalue weighted by Crippen LogP contribution is -2.30. The average molecular weight is 1520 g/mol. The van der Waals surface area contributed by atoms with Crippen LogP contribution >= 0.6 is 15.6 Å². The number of aliphatic hydroxyl groups excluding tert-OH is 1. The number of hydrogen-bond acceptors (Lipinski definition) is 15. The first-order valence-electron chi connectivity index (χ1n) is 44.0. The summed E-state index contributed by atoms with van der Waals surface area (Å²) in [7, 11) is -9.93. The van der Waals surface area contributed by atoms with Crippen molar-refractivity contribution in [1.82, 2.24) is 0 Å². The second-order valence-electron chi connectivity index (χ2n) is 31.3. The predicted octanol–water partition coefficient (Wildman–Crippen LogP) is 25.8. The van der Waals surface area contributed by atoms with E-state index in [4.69, 9.17) is 37.0 Å². The molecule has 0 spiro atoms. The van der Waals surface area contributed by atoms with Gasteiger partial charge < -0.3 is 33.8 Å². The van der Waals surface area contributed by atoms with Crippen molar-refractivity contribution in [2.75, 3.05) is 39.6 Å². The lowest BCUT2D eigenvalue weighted by atomic mass is 10.00. The van der Waals surface area contributed by atoms with Crippen molar-refractivity contribution in [3.05, 3.63) is 0 Å². The van der Waals surface area contributed by atoms with Crippen molar-refractivity contribution < 1.29 is 80.2 Å². The number of phosphoric acid groups is 2. The molecule has 0 aromatic heterocycles. The van der Waals surface area contributed by atoms with Crippen LogP contribution in [0.5, 0.6) is 0 Å². The van der Waals surface area contributed by atoms with Crippen molar-refractivity contribution in [2.24, 2.45) is 11.8 Å². The molecule has 0 radical (unpaired) electrons. The molecule has 0 fully saturated rings. The molecule has 0 aliphatic heterocycles. The molecule has 618 valence electrons. The molecule has 3 N–H and O–H groups in total. The minimum absolute atomic E-state index is 0.108. The lowest BCUT2D eigenvalue weighted by Gasteiger charge is -2.21. The van der Waals surface area contributed by atoms with Crippen molar-refractivity contribution in [2.45, 2.75) is 471 Å². The third kappa shape index (κ3) is 76.8. The van der Waals surface area contributed by atoms with Crippen molar-refractivity contribution in [3.8, 4) is 0 Å². The number of carbonyl (C=O) groups excluding carboxylic acids is 4. The summed E-state index contributed by atoms with van der Waals surface area (Å²) in [5, 5.41) is 10.7. The van der Waals surface area contributed by atoms with Gasteiger partial charge >= 0.3 is 39.5 Å². The molecular weight excluding hydrogens is 1350 g/mol. The Hall–Kier alpha value is -1.94. The topological polar surface area (TPSA) is 237 Å². The van der Waals surface area contributed by atoms with E-state index in [2.05, 4.69) is 41.5 Å². The van der Waals surface area contributed by atoms with Gasteiger partial charge in [-0.25, -0.2) is 9.13 Å². The van der Waals surface area contributed by atoms with Gasteiger partial charge in [-0.15, -0.1) is 0 Å². The Bertz CT molecular complexity index is 2000. The summed E-state index contributed by atoms with van der Waals surface area (Å²) in [5.74, 6) is -0.570. The fourth-order valence-electron chi connectivity index (χ4n) is 13.2. The number of unbranched alkanes of at least 4 members (excludes halogenated alkanes) is 53. The number of carbonyl (C=O) groups is 4. The smallest absolute Gasteiger partial charge is 0.462 e. The van der Waals surface area contributed by atoms with Gasteiger partial charge in [0.05, 0.1) is 26.4 Å². The molecule has 104 heavy (non-hydrogen) atoms. The van der Waals surface area contributed by atoms with Crippen LogP contribution in [0.4, 0.5) is 0 Å². The molecule has 19 heteroatoms. The summed E-state index contributed by atoms with van der Waals surface area (Å²) >= 11 is 0. The molecule has 17 nitrogen and oxygen atoms in total.